The monoisotopic (exact) mass is 485 g/mol. The zero-order valence-corrected chi connectivity index (χ0v) is 20.6. The van der Waals surface area contributed by atoms with Crippen LogP contribution in [0.25, 0.3) is 0 Å². The number of ether oxygens (including phenoxy) is 1. The Balaban J connectivity index is 0.00000117. The molecular formula is C19H32N4O5Y+. The summed E-state index contributed by atoms with van der Waals surface area (Å²) < 4.78 is 5.30. The van der Waals surface area contributed by atoms with Crippen LogP contribution in [0.1, 0.15) is 53.4 Å². The third kappa shape index (κ3) is 7.85. The van der Waals surface area contributed by atoms with Gasteiger partial charge in [0.1, 0.15) is 11.1 Å². The molecular weight excluding hydrogens is 453 g/mol. The van der Waals surface area contributed by atoms with Crippen molar-refractivity contribution in [2.45, 2.75) is 64.5 Å². The van der Waals surface area contributed by atoms with Crippen molar-refractivity contribution in [3.8, 4) is 0 Å². The largest absolute Gasteiger partial charge is 3.00 e. The third-order valence-corrected chi connectivity index (χ3v) is 4.43. The molecule has 2 atom stereocenters. The first-order valence-corrected chi connectivity index (χ1v) is 9.45. The molecule has 10 heteroatoms. The number of carbonyl (C=O) groups is 4. The Labute approximate surface area is 198 Å². The van der Waals surface area contributed by atoms with Gasteiger partial charge in [0.15, 0.2) is 5.91 Å². The minimum absolute atomic E-state index is 0. The van der Waals surface area contributed by atoms with Gasteiger partial charge in [-0.25, -0.2) is 9.59 Å². The molecule has 2 aliphatic rings. The summed E-state index contributed by atoms with van der Waals surface area (Å²) in [6.45, 7) is 11.1. The molecule has 0 bridgehead atoms. The SMILES string of the molecule is [CH2-]CCCC.[CH2-]NC(=O)CC1CN(C(=O)OC(C)(C)C)CC12NC(=O)NC2=O.[Y+3]. The Morgan fingerprint density at radius 3 is 2.34 bits per heavy atom. The molecule has 0 aromatic rings. The van der Waals surface area contributed by atoms with Gasteiger partial charge >= 0.3 is 44.8 Å². The zero-order chi connectivity index (χ0) is 21.5. The maximum Gasteiger partial charge on any atom is 3.00 e. The second-order valence-electron chi connectivity index (χ2n) is 7.95. The number of hydrogen-bond acceptors (Lipinski definition) is 5. The number of nitrogens with one attached hydrogen (secondary N) is 3. The molecule has 3 N–H and O–H groups in total. The number of hydrogen-bond donors (Lipinski definition) is 3. The minimum Gasteiger partial charge on any atom is -0.508 e. The summed E-state index contributed by atoms with van der Waals surface area (Å²) in [5.74, 6) is -1.49. The fourth-order valence-corrected chi connectivity index (χ4v) is 3.07. The van der Waals surface area contributed by atoms with E-state index in [1.54, 1.807) is 20.8 Å². The van der Waals surface area contributed by atoms with Gasteiger partial charge in [-0.05, 0) is 20.8 Å². The van der Waals surface area contributed by atoms with E-state index in [-0.39, 0.29) is 58.1 Å². The van der Waals surface area contributed by atoms with Crippen molar-refractivity contribution >= 4 is 23.9 Å². The van der Waals surface area contributed by atoms with Gasteiger partial charge in [-0.1, -0.05) is 19.8 Å². The van der Waals surface area contributed by atoms with Crippen molar-refractivity contribution in [2.75, 3.05) is 13.1 Å². The summed E-state index contributed by atoms with van der Waals surface area (Å²) in [5, 5.41) is 6.96. The van der Waals surface area contributed by atoms with Gasteiger partial charge in [0.05, 0.1) is 6.54 Å². The molecule has 0 aliphatic carbocycles. The van der Waals surface area contributed by atoms with E-state index in [0.717, 1.165) is 6.42 Å². The van der Waals surface area contributed by atoms with E-state index in [2.05, 4.69) is 36.8 Å². The molecule has 2 aliphatic heterocycles. The summed E-state index contributed by atoms with van der Waals surface area (Å²) in [7, 11) is 3.29. The zero-order valence-electron chi connectivity index (χ0n) is 17.8. The van der Waals surface area contributed by atoms with Gasteiger partial charge in [-0.3, -0.25) is 22.0 Å². The van der Waals surface area contributed by atoms with E-state index < -0.39 is 35.1 Å². The van der Waals surface area contributed by atoms with Crippen molar-refractivity contribution in [1.29, 1.82) is 0 Å². The van der Waals surface area contributed by atoms with E-state index >= 15 is 0 Å². The van der Waals surface area contributed by atoms with E-state index in [9.17, 15) is 19.2 Å². The standard InChI is InChI=1S/C14H21N4O5.C5H11.Y/c1-13(2,3)23-12(22)18-6-8(5-9(19)15-4)14(7-18)10(20)16-11(21)17-14;1-3-5-4-2;/h8H,4-7H2,1-3H3,(H,15,19)(H2,16,17,20,21);1,3-5H2,2H3;/q2*-1;+3. The predicted molar refractivity (Wildman–Crippen MR) is 104 cm³/mol. The molecule has 2 rings (SSSR count). The van der Waals surface area contributed by atoms with Crippen LogP contribution >= 0.6 is 0 Å². The molecule has 2 unspecified atom stereocenters. The fraction of sp³-hybridized carbons (Fsp3) is 0.684. The summed E-state index contributed by atoms with van der Waals surface area (Å²) in [6, 6.07) is -0.638. The number of imide groups is 1. The molecule has 2 heterocycles. The van der Waals surface area contributed by atoms with Crippen molar-refractivity contribution in [3.63, 3.8) is 0 Å². The van der Waals surface area contributed by atoms with Gasteiger partial charge in [0.2, 0.25) is 0 Å². The number of amides is 5. The van der Waals surface area contributed by atoms with Crippen molar-refractivity contribution in [1.82, 2.24) is 20.9 Å². The van der Waals surface area contributed by atoms with Gasteiger partial charge in [0.25, 0.3) is 5.91 Å². The first kappa shape index (κ1) is 27.8. The van der Waals surface area contributed by atoms with Crippen LogP contribution in [0.4, 0.5) is 9.59 Å². The van der Waals surface area contributed by atoms with Gasteiger partial charge < -0.3 is 27.2 Å². The van der Waals surface area contributed by atoms with E-state index in [1.165, 1.54) is 17.7 Å². The van der Waals surface area contributed by atoms with Crippen molar-refractivity contribution in [2.24, 2.45) is 5.92 Å². The Hall–Kier alpha value is -1.22. The molecule has 2 saturated heterocycles. The van der Waals surface area contributed by atoms with Crippen LogP contribution in [0.3, 0.4) is 0 Å². The number of unbranched alkanes of at least 4 members (excludes halogenated alkanes) is 2. The van der Waals surface area contributed by atoms with Gasteiger partial charge in [-0.2, -0.15) is 6.42 Å². The van der Waals surface area contributed by atoms with Crippen LogP contribution < -0.4 is 16.0 Å². The average Bonchev–Trinajstić information content (AvgIpc) is 3.07. The number of urea groups is 1. The molecule has 160 valence electrons. The maximum atomic E-state index is 12.2. The Kier molecular flexibility index (Phi) is 11.3. The first-order chi connectivity index (χ1) is 13.0. The molecule has 5 amide bonds. The average molecular weight is 485 g/mol. The molecule has 29 heavy (non-hydrogen) atoms. The smallest absolute Gasteiger partial charge is 0.508 e. The summed E-state index contributed by atoms with van der Waals surface area (Å²) in [5.41, 5.74) is -2.01. The van der Waals surface area contributed by atoms with E-state index in [0.29, 0.717) is 0 Å². The van der Waals surface area contributed by atoms with Crippen LogP contribution in [-0.4, -0.2) is 53.1 Å². The molecule has 0 saturated carbocycles. The van der Waals surface area contributed by atoms with Crippen LogP contribution in [0, 0.1) is 19.9 Å². The number of nitrogens with zero attached hydrogens (tertiary/aromatic N) is 1. The van der Waals surface area contributed by atoms with E-state index in [1.807, 2.05) is 0 Å². The molecule has 2 fully saturated rings. The van der Waals surface area contributed by atoms with Crippen LogP contribution in [-0.2, 0) is 47.0 Å². The number of likely N-dealkylation sites (tertiary alicyclic amines) is 1. The summed E-state index contributed by atoms with van der Waals surface area (Å²) in [4.78, 5) is 49.0. The first-order valence-electron chi connectivity index (χ1n) is 9.45. The van der Waals surface area contributed by atoms with Crippen LogP contribution in [0.5, 0.6) is 0 Å². The second-order valence-corrected chi connectivity index (χ2v) is 7.95. The number of rotatable bonds is 4. The Morgan fingerprint density at radius 2 is 1.97 bits per heavy atom. The topological polar surface area (TPSA) is 117 Å². The quantitative estimate of drug-likeness (QED) is 0.414. The summed E-state index contributed by atoms with van der Waals surface area (Å²) >= 11 is 0. The Bertz CT molecular complexity index is 606. The molecule has 0 aromatic heterocycles. The predicted octanol–water partition coefficient (Wildman–Crippen LogP) is 1.74. The van der Waals surface area contributed by atoms with Gasteiger partial charge in [-0.15, -0.1) is 0 Å². The maximum absolute atomic E-state index is 12.2. The van der Waals surface area contributed by atoms with Crippen LogP contribution in [0.2, 0.25) is 0 Å². The third-order valence-electron chi connectivity index (χ3n) is 4.43. The summed E-state index contributed by atoms with van der Waals surface area (Å²) in [6.07, 6.45) is 3.01. The minimum atomic E-state index is -1.32. The molecule has 1 spiro atoms. The second kappa shape index (κ2) is 11.8. The van der Waals surface area contributed by atoms with Gasteiger partial charge in [0, 0.05) is 18.9 Å². The van der Waals surface area contributed by atoms with E-state index in [4.69, 9.17) is 4.74 Å². The van der Waals surface area contributed by atoms with Crippen molar-refractivity contribution in [3.05, 3.63) is 14.0 Å². The number of carbonyl (C=O) groups excluding carboxylic acids is 4. The van der Waals surface area contributed by atoms with Crippen molar-refractivity contribution < 1.29 is 56.6 Å². The molecule has 9 nitrogen and oxygen atoms in total. The molecule has 0 aromatic carbocycles. The Morgan fingerprint density at radius 1 is 1.34 bits per heavy atom. The van der Waals surface area contributed by atoms with Crippen LogP contribution in [0.15, 0.2) is 0 Å². The fourth-order valence-electron chi connectivity index (χ4n) is 3.07. The normalized spacial score (nSPS) is 22.8. The molecule has 0 radical (unpaired) electrons.